The summed E-state index contributed by atoms with van der Waals surface area (Å²) >= 11 is 0. The highest BCUT2D eigenvalue weighted by atomic mass is 16.5. The highest BCUT2D eigenvalue weighted by Gasteiger charge is 2.27. The van der Waals surface area contributed by atoms with Gasteiger partial charge in [0.1, 0.15) is 5.76 Å². The molecule has 1 N–H and O–H groups in total. The van der Waals surface area contributed by atoms with Crippen LogP contribution < -0.4 is 5.32 Å². The van der Waals surface area contributed by atoms with Crippen molar-refractivity contribution in [3.63, 3.8) is 0 Å². The number of nitrogens with zero attached hydrogens (tertiary/aromatic N) is 2. The molecule has 1 aromatic carbocycles. The van der Waals surface area contributed by atoms with Gasteiger partial charge in [0.15, 0.2) is 5.82 Å². The van der Waals surface area contributed by atoms with Crippen molar-refractivity contribution < 1.29 is 14.1 Å². The molecule has 0 saturated heterocycles. The van der Waals surface area contributed by atoms with Gasteiger partial charge in [-0.1, -0.05) is 30.3 Å². The molecule has 0 atom stereocenters. The average Bonchev–Trinajstić information content (AvgIpc) is 3.02. The van der Waals surface area contributed by atoms with Gasteiger partial charge >= 0.3 is 0 Å². The molecule has 128 valence electrons. The quantitative estimate of drug-likeness (QED) is 0.882. The third-order valence-corrected chi connectivity index (χ3v) is 4.35. The first-order valence-electron chi connectivity index (χ1n) is 8.32. The number of methoxy groups -OCH3 is 1. The molecule has 1 aromatic heterocycles. The highest BCUT2D eigenvalue weighted by molar-refractivity contribution is 5.77. The number of aromatic nitrogens is 1. The van der Waals surface area contributed by atoms with E-state index in [2.05, 4.69) is 23.5 Å². The fraction of sp³-hybridized carbons (Fsp3) is 0.444. The number of carbonyl (C=O) groups is 1. The molecule has 0 spiro atoms. The molecule has 6 heteroatoms. The summed E-state index contributed by atoms with van der Waals surface area (Å²) in [5.74, 6) is 1.67. The van der Waals surface area contributed by atoms with Crippen LogP contribution in [-0.2, 0) is 28.9 Å². The zero-order valence-electron chi connectivity index (χ0n) is 14.2. The number of hydrogen-bond donors (Lipinski definition) is 1. The van der Waals surface area contributed by atoms with Crippen molar-refractivity contribution >= 4 is 17.4 Å². The van der Waals surface area contributed by atoms with Gasteiger partial charge in [-0.05, 0) is 18.1 Å². The van der Waals surface area contributed by atoms with Crippen LogP contribution in [0.1, 0.15) is 30.2 Å². The Morgan fingerprint density at radius 1 is 1.42 bits per heavy atom. The Morgan fingerprint density at radius 3 is 3.04 bits per heavy atom. The van der Waals surface area contributed by atoms with Crippen LogP contribution in [0.4, 0.5) is 11.5 Å². The van der Waals surface area contributed by atoms with E-state index in [1.54, 1.807) is 7.11 Å². The molecule has 6 nitrogen and oxygen atoms in total. The van der Waals surface area contributed by atoms with Crippen LogP contribution in [0.15, 0.2) is 28.8 Å². The summed E-state index contributed by atoms with van der Waals surface area (Å²) in [4.78, 5) is 14.1. The van der Waals surface area contributed by atoms with Crippen molar-refractivity contribution in [2.75, 3.05) is 25.6 Å². The van der Waals surface area contributed by atoms with E-state index in [0.717, 1.165) is 23.4 Å². The molecule has 0 saturated carbocycles. The lowest BCUT2D eigenvalue weighted by Crippen LogP contribution is -2.36. The van der Waals surface area contributed by atoms with E-state index in [0.29, 0.717) is 38.4 Å². The Labute approximate surface area is 141 Å². The number of rotatable bonds is 6. The second-order valence-corrected chi connectivity index (χ2v) is 5.88. The van der Waals surface area contributed by atoms with E-state index in [1.165, 1.54) is 5.56 Å². The minimum atomic E-state index is 0.101. The first kappa shape index (κ1) is 16.5. The number of amides is 1. The monoisotopic (exact) mass is 329 g/mol. The van der Waals surface area contributed by atoms with E-state index in [9.17, 15) is 4.79 Å². The molecule has 1 aliphatic heterocycles. The minimum absolute atomic E-state index is 0.101. The fourth-order valence-corrected chi connectivity index (χ4v) is 2.95. The van der Waals surface area contributed by atoms with Crippen molar-refractivity contribution in [1.29, 1.82) is 0 Å². The predicted molar refractivity (Wildman–Crippen MR) is 91.2 cm³/mol. The van der Waals surface area contributed by atoms with Crippen molar-refractivity contribution in [2.24, 2.45) is 0 Å². The normalized spacial score (nSPS) is 13.7. The van der Waals surface area contributed by atoms with Crippen molar-refractivity contribution in [1.82, 2.24) is 10.1 Å². The molecule has 1 aliphatic rings. The largest absolute Gasteiger partial charge is 0.384 e. The molecular formula is C18H23N3O3. The smallest absolute Gasteiger partial charge is 0.225 e. The molecule has 3 rings (SSSR count). The number of ether oxygens (including phenoxy) is 1. The molecule has 2 heterocycles. The standard InChI is InChI=1S/C18H23N3O3/c1-3-13-6-4-5-7-15(13)19-18-14-12-21(17(22)9-11-23-2)10-8-16(14)24-20-18/h4-7H,3,8-12H2,1-2H3,(H,19,20). The number of benzene rings is 1. The minimum Gasteiger partial charge on any atom is -0.384 e. The maximum atomic E-state index is 12.2. The Kier molecular flexibility index (Phi) is 5.15. The highest BCUT2D eigenvalue weighted by Crippen LogP contribution is 2.29. The summed E-state index contributed by atoms with van der Waals surface area (Å²) in [6.07, 6.45) is 2.03. The number of aryl methyl sites for hydroxylation is 1. The first-order valence-corrected chi connectivity index (χ1v) is 8.32. The number of anilines is 2. The van der Waals surface area contributed by atoms with Crippen LogP contribution in [0.3, 0.4) is 0 Å². The van der Waals surface area contributed by atoms with Gasteiger partial charge in [0.05, 0.1) is 25.1 Å². The lowest BCUT2D eigenvalue weighted by Gasteiger charge is -2.26. The molecular weight excluding hydrogens is 306 g/mol. The lowest BCUT2D eigenvalue weighted by molar-refractivity contribution is -0.133. The second-order valence-electron chi connectivity index (χ2n) is 5.88. The molecule has 24 heavy (non-hydrogen) atoms. The second kappa shape index (κ2) is 7.49. The average molecular weight is 329 g/mol. The Hall–Kier alpha value is -2.34. The van der Waals surface area contributed by atoms with Gasteiger partial charge in [-0.3, -0.25) is 4.79 Å². The first-order chi connectivity index (χ1) is 11.7. The van der Waals surface area contributed by atoms with Crippen LogP contribution in [-0.4, -0.2) is 36.2 Å². The zero-order chi connectivity index (χ0) is 16.9. The van der Waals surface area contributed by atoms with Gasteiger partial charge in [-0.15, -0.1) is 0 Å². The van der Waals surface area contributed by atoms with Gasteiger partial charge in [0.25, 0.3) is 0 Å². The Bertz CT molecular complexity index is 711. The number of para-hydroxylation sites is 1. The van der Waals surface area contributed by atoms with Gasteiger partial charge in [-0.25, -0.2) is 0 Å². The molecule has 0 radical (unpaired) electrons. The number of hydrogen-bond acceptors (Lipinski definition) is 5. The van der Waals surface area contributed by atoms with E-state index >= 15 is 0 Å². The third kappa shape index (κ3) is 3.43. The van der Waals surface area contributed by atoms with Crippen LogP contribution in [0.2, 0.25) is 0 Å². The predicted octanol–water partition coefficient (Wildman–Crippen LogP) is 2.90. The SMILES string of the molecule is CCc1ccccc1Nc1noc2c1CN(C(=O)CCOC)CC2. The fourth-order valence-electron chi connectivity index (χ4n) is 2.95. The molecule has 2 aromatic rings. The Morgan fingerprint density at radius 2 is 2.25 bits per heavy atom. The van der Waals surface area contributed by atoms with Crippen LogP contribution in [0.5, 0.6) is 0 Å². The van der Waals surface area contributed by atoms with Crippen LogP contribution >= 0.6 is 0 Å². The van der Waals surface area contributed by atoms with E-state index < -0.39 is 0 Å². The summed E-state index contributed by atoms with van der Waals surface area (Å²) in [5.41, 5.74) is 3.22. The molecule has 1 amide bonds. The van der Waals surface area contributed by atoms with Gasteiger partial charge in [0.2, 0.25) is 5.91 Å². The maximum absolute atomic E-state index is 12.2. The van der Waals surface area contributed by atoms with Crippen LogP contribution in [0, 0.1) is 0 Å². The lowest BCUT2D eigenvalue weighted by atomic mass is 10.1. The number of carbonyl (C=O) groups excluding carboxylic acids is 1. The van der Waals surface area contributed by atoms with Gasteiger partial charge < -0.3 is 19.5 Å². The molecule has 0 bridgehead atoms. The molecule has 0 aliphatic carbocycles. The number of nitrogens with one attached hydrogen (secondary N) is 1. The molecule has 0 fully saturated rings. The van der Waals surface area contributed by atoms with Gasteiger partial charge in [0, 0.05) is 25.8 Å². The molecule has 0 unspecified atom stereocenters. The topological polar surface area (TPSA) is 67.6 Å². The van der Waals surface area contributed by atoms with Crippen molar-refractivity contribution in [3.05, 3.63) is 41.2 Å². The van der Waals surface area contributed by atoms with Crippen molar-refractivity contribution in [3.8, 4) is 0 Å². The van der Waals surface area contributed by atoms with Crippen LogP contribution in [0.25, 0.3) is 0 Å². The summed E-state index contributed by atoms with van der Waals surface area (Å²) in [5, 5.41) is 7.54. The van der Waals surface area contributed by atoms with E-state index in [-0.39, 0.29) is 5.91 Å². The summed E-state index contributed by atoms with van der Waals surface area (Å²) in [6, 6.07) is 8.15. The van der Waals surface area contributed by atoms with E-state index in [1.807, 2.05) is 23.1 Å². The van der Waals surface area contributed by atoms with Crippen molar-refractivity contribution in [2.45, 2.75) is 32.7 Å². The van der Waals surface area contributed by atoms with Gasteiger partial charge in [-0.2, -0.15) is 0 Å². The third-order valence-electron chi connectivity index (χ3n) is 4.35. The zero-order valence-corrected chi connectivity index (χ0v) is 14.2. The van der Waals surface area contributed by atoms with E-state index in [4.69, 9.17) is 9.26 Å². The Balaban J connectivity index is 1.77. The number of fused-ring (bicyclic) bond motifs is 1. The summed E-state index contributed by atoms with van der Waals surface area (Å²) in [6.45, 7) is 3.75. The maximum Gasteiger partial charge on any atom is 0.225 e. The summed E-state index contributed by atoms with van der Waals surface area (Å²) < 4.78 is 10.5. The summed E-state index contributed by atoms with van der Waals surface area (Å²) in [7, 11) is 1.61.